The molecule has 0 aliphatic carbocycles. The lowest BCUT2D eigenvalue weighted by Gasteiger charge is -2.37. The van der Waals surface area contributed by atoms with E-state index in [1.54, 1.807) is 4.90 Å². The average molecular weight is 299 g/mol. The van der Waals surface area contributed by atoms with Gasteiger partial charge in [0.2, 0.25) is 11.8 Å². The van der Waals surface area contributed by atoms with E-state index in [0.717, 1.165) is 0 Å². The first-order chi connectivity index (χ1) is 10.0. The number of carbonyl (C=O) groups excluding carboxylic acids is 2. The van der Waals surface area contributed by atoms with Gasteiger partial charge in [-0.25, -0.2) is 0 Å². The van der Waals surface area contributed by atoms with E-state index in [-0.39, 0.29) is 36.4 Å². The second-order valence-electron chi connectivity index (χ2n) is 5.82. The number of hydrogen-bond donors (Lipinski definition) is 2. The van der Waals surface area contributed by atoms with Crippen molar-refractivity contribution in [2.45, 2.75) is 32.0 Å². The molecule has 21 heavy (non-hydrogen) atoms. The number of nitrogens with zero attached hydrogens (tertiary/aromatic N) is 1. The van der Waals surface area contributed by atoms with Crippen LogP contribution in [0.15, 0.2) is 0 Å². The Bertz CT molecular complexity index is 388. The summed E-state index contributed by atoms with van der Waals surface area (Å²) in [6, 6.07) is -0.503. The molecule has 3 atom stereocenters. The lowest BCUT2D eigenvalue weighted by atomic mass is 10.0. The zero-order valence-electron chi connectivity index (χ0n) is 12.9. The van der Waals surface area contributed by atoms with E-state index >= 15 is 0 Å². The molecule has 2 heterocycles. The first-order valence-corrected chi connectivity index (χ1v) is 7.48. The number of morpholine rings is 1. The minimum Gasteiger partial charge on any atom is -0.379 e. The van der Waals surface area contributed by atoms with Crippen molar-refractivity contribution in [3.8, 4) is 0 Å². The van der Waals surface area contributed by atoms with E-state index in [1.807, 2.05) is 20.9 Å². The minimum atomic E-state index is -0.549. The van der Waals surface area contributed by atoms with Crippen molar-refractivity contribution in [3.63, 3.8) is 0 Å². The highest BCUT2D eigenvalue weighted by Crippen LogP contribution is 2.19. The Morgan fingerprint density at radius 2 is 1.95 bits per heavy atom. The maximum absolute atomic E-state index is 12.7. The predicted octanol–water partition coefficient (Wildman–Crippen LogP) is -1.03. The van der Waals surface area contributed by atoms with Gasteiger partial charge in [-0.3, -0.25) is 9.59 Å². The summed E-state index contributed by atoms with van der Waals surface area (Å²) in [6.07, 6.45) is 0. The summed E-state index contributed by atoms with van der Waals surface area (Å²) in [5, 5.41) is 5.96. The molecule has 2 amide bonds. The van der Waals surface area contributed by atoms with Gasteiger partial charge in [-0.1, -0.05) is 0 Å². The quantitative estimate of drug-likeness (QED) is 0.694. The second-order valence-corrected chi connectivity index (χ2v) is 5.82. The molecule has 0 aromatic rings. The number of likely N-dealkylation sites (N-methyl/N-ethyl adjacent to an activating group) is 1. The van der Waals surface area contributed by atoms with Gasteiger partial charge in [0, 0.05) is 18.6 Å². The zero-order valence-corrected chi connectivity index (χ0v) is 12.9. The molecule has 0 spiro atoms. The van der Waals surface area contributed by atoms with Gasteiger partial charge in [-0.2, -0.15) is 0 Å². The van der Waals surface area contributed by atoms with Crippen LogP contribution in [-0.2, 0) is 19.1 Å². The molecule has 2 fully saturated rings. The molecule has 2 saturated heterocycles. The SMILES string of the molecule is CNC1COCC1C(=O)N1CCOCC1C(=O)NC(C)C. The van der Waals surface area contributed by atoms with Crippen molar-refractivity contribution < 1.29 is 19.1 Å². The van der Waals surface area contributed by atoms with Crippen molar-refractivity contribution in [1.82, 2.24) is 15.5 Å². The Balaban J connectivity index is 2.07. The lowest BCUT2D eigenvalue weighted by Crippen LogP contribution is -2.59. The Labute approximate surface area is 125 Å². The molecule has 3 unspecified atom stereocenters. The molecule has 7 nitrogen and oxygen atoms in total. The smallest absolute Gasteiger partial charge is 0.245 e. The topological polar surface area (TPSA) is 79.9 Å². The van der Waals surface area contributed by atoms with E-state index < -0.39 is 6.04 Å². The fourth-order valence-corrected chi connectivity index (χ4v) is 2.76. The molecule has 2 aliphatic rings. The van der Waals surface area contributed by atoms with E-state index in [0.29, 0.717) is 26.4 Å². The van der Waals surface area contributed by atoms with Crippen LogP contribution in [0.4, 0.5) is 0 Å². The molecule has 120 valence electrons. The summed E-state index contributed by atoms with van der Waals surface area (Å²) >= 11 is 0. The summed E-state index contributed by atoms with van der Waals surface area (Å²) in [6.45, 7) is 5.89. The van der Waals surface area contributed by atoms with Gasteiger partial charge in [-0.15, -0.1) is 0 Å². The summed E-state index contributed by atoms with van der Waals surface area (Å²) in [5.41, 5.74) is 0. The van der Waals surface area contributed by atoms with Crippen molar-refractivity contribution >= 4 is 11.8 Å². The molecule has 0 bridgehead atoms. The Morgan fingerprint density at radius 1 is 1.19 bits per heavy atom. The number of hydrogen-bond acceptors (Lipinski definition) is 5. The molecule has 2 rings (SSSR count). The van der Waals surface area contributed by atoms with Crippen LogP contribution in [0.3, 0.4) is 0 Å². The number of amides is 2. The number of nitrogens with one attached hydrogen (secondary N) is 2. The van der Waals surface area contributed by atoms with Gasteiger partial charge in [-0.05, 0) is 20.9 Å². The fraction of sp³-hybridized carbons (Fsp3) is 0.857. The van der Waals surface area contributed by atoms with Crippen molar-refractivity contribution in [1.29, 1.82) is 0 Å². The van der Waals surface area contributed by atoms with Crippen LogP contribution in [0.5, 0.6) is 0 Å². The van der Waals surface area contributed by atoms with Gasteiger partial charge < -0.3 is 25.0 Å². The first-order valence-electron chi connectivity index (χ1n) is 7.48. The van der Waals surface area contributed by atoms with Crippen LogP contribution in [0.25, 0.3) is 0 Å². The largest absolute Gasteiger partial charge is 0.379 e. The minimum absolute atomic E-state index is 0.00848. The number of carbonyl (C=O) groups is 2. The second kappa shape index (κ2) is 7.20. The number of ether oxygens (including phenoxy) is 2. The third-order valence-corrected chi connectivity index (χ3v) is 3.91. The Hall–Kier alpha value is -1.18. The molecule has 0 radical (unpaired) electrons. The van der Waals surface area contributed by atoms with E-state index in [9.17, 15) is 9.59 Å². The summed E-state index contributed by atoms with van der Waals surface area (Å²) in [4.78, 5) is 26.6. The zero-order chi connectivity index (χ0) is 15.4. The maximum Gasteiger partial charge on any atom is 0.245 e. The fourth-order valence-electron chi connectivity index (χ4n) is 2.76. The van der Waals surface area contributed by atoms with Crippen molar-refractivity contribution in [2.75, 3.05) is 40.0 Å². The van der Waals surface area contributed by atoms with Crippen LogP contribution >= 0.6 is 0 Å². The molecule has 2 aliphatic heterocycles. The predicted molar refractivity (Wildman–Crippen MR) is 76.8 cm³/mol. The Kier molecular flexibility index (Phi) is 5.55. The molecule has 7 heteroatoms. The van der Waals surface area contributed by atoms with Crippen molar-refractivity contribution in [2.24, 2.45) is 5.92 Å². The summed E-state index contributed by atoms with van der Waals surface area (Å²) < 4.78 is 10.8. The lowest BCUT2D eigenvalue weighted by molar-refractivity contribution is -0.152. The third kappa shape index (κ3) is 3.72. The Morgan fingerprint density at radius 3 is 2.62 bits per heavy atom. The van der Waals surface area contributed by atoms with Gasteiger partial charge in [0.1, 0.15) is 6.04 Å². The molecule has 0 saturated carbocycles. The van der Waals surface area contributed by atoms with E-state index in [1.165, 1.54) is 0 Å². The standard InChI is InChI=1S/C14H25N3O4/c1-9(2)16-13(18)12-8-20-5-4-17(12)14(19)10-6-21-7-11(10)15-3/h9-12,15H,4-8H2,1-3H3,(H,16,18). The molecule has 2 N–H and O–H groups in total. The molecule has 0 aromatic carbocycles. The molecular weight excluding hydrogens is 274 g/mol. The maximum atomic E-state index is 12.7. The monoisotopic (exact) mass is 299 g/mol. The van der Waals surface area contributed by atoms with Crippen LogP contribution < -0.4 is 10.6 Å². The summed E-state index contributed by atoms with van der Waals surface area (Å²) in [5.74, 6) is -0.417. The number of rotatable bonds is 4. The van der Waals surface area contributed by atoms with E-state index in [4.69, 9.17) is 9.47 Å². The van der Waals surface area contributed by atoms with Crippen LogP contribution in [0.2, 0.25) is 0 Å². The normalized spacial score (nSPS) is 29.7. The van der Waals surface area contributed by atoms with Gasteiger partial charge in [0.05, 0.1) is 32.3 Å². The summed E-state index contributed by atoms with van der Waals surface area (Å²) in [7, 11) is 1.82. The highest BCUT2D eigenvalue weighted by atomic mass is 16.5. The molecular formula is C14H25N3O4. The van der Waals surface area contributed by atoms with Gasteiger partial charge in [0.25, 0.3) is 0 Å². The third-order valence-electron chi connectivity index (χ3n) is 3.91. The van der Waals surface area contributed by atoms with Crippen LogP contribution in [-0.4, -0.2) is 74.9 Å². The van der Waals surface area contributed by atoms with Gasteiger partial charge in [0.15, 0.2) is 0 Å². The van der Waals surface area contributed by atoms with Crippen molar-refractivity contribution in [3.05, 3.63) is 0 Å². The van der Waals surface area contributed by atoms with Gasteiger partial charge >= 0.3 is 0 Å². The molecule has 0 aromatic heterocycles. The average Bonchev–Trinajstić information content (AvgIpc) is 2.94. The van der Waals surface area contributed by atoms with E-state index in [2.05, 4.69) is 10.6 Å². The van der Waals surface area contributed by atoms with Crippen LogP contribution in [0, 0.1) is 5.92 Å². The highest BCUT2D eigenvalue weighted by Gasteiger charge is 2.41. The first kappa shape index (κ1) is 16.2. The highest BCUT2D eigenvalue weighted by molar-refractivity contribution is 5.89. The van der Waals surface area contributed by atoms with Crippen LogP contribution in [0.1, 0.15) is 13.8 Å².